The molecule has 2 aromatic carbocycles. The summed E-state index contributed by atoms with van der Waals surface area (Å²) in [6.45, 7) is 0.0725. The van der Waals surface area contributed by atoms with Crippen LogP contribution in [0.3, 0.4) is 0 Å². The minimum absolute atomic E-state index is 0.0725. The first-order valence-electron chi connectivity index (χ1n) is 8.12. The zero-order valence-corrected chi connectivity index (χ0v) is 16.1. The molecule has 0 saturated carbocycles. The number of carbonyl (C=O) groups is 3. The zero-order chi connectivity index (χ0) is 19.8. The van der Waals surface area contributed by atoms with E-state index in [9.17, 15) is 14.4 Å². The summed E-state index contributed by atoms with van der Waals surface area (Å²) in [6, 6.07) is 9.03. The second-order valence-electron chi connectivity index (χ2n) is 5.89. The normalized spacial score (nSPS) is 17.1. The van der Waals surface area contributed by atoms with Crippen LogP contribution in [-0.2, 0) is 9.59 Å². The van der Waals surface area contributed by atoms with Crippen molar-refractivity contribution in [1.82, 2.24) is 5.32 Å². The van der Waals surface area contributed by atoms with Gasteiger partial charge in [0, 0.05) is 16.1 Å². The van der Waals surface area contributed by atoms with Crippen molar-refractivity contribution in [1.29, 1.82) is 0 Å². The number of rotatable bonds is 3. The number of nitrogens with one attached hydrogen (secondary N) is 1. The summed E-state index contributed by atoms with van der Waals surface area (Å²) in [7, 11) is 1.46. The van der Waals surface area contributed by atoms with Crippen molar-refractivity contribution < 1.29 is 28.6 Å². The molecule has 0 atom stereocenters. The maximum absolute atomic E-state index is 13.0. The Labute approximate surface area is 167 Å². The summed E-state index contributed by atoms with van der Waals surface area (Å²) in [4.78, 5) is 38.5. The molecule has 1 saturated heterocycles. The summed E-state index contributed by atoms with van der Waals surface area (Å²) in [5, 5.41) is 2.18. The first-order chi connectivity index (χ1) is 13.5. The maximum Gasteiger partial charge on any atom is 0.335 e. The lowest BCUT2D eigenvalue weighted by Crippen LogP contribution is -2.54. The second kappa shape index (κ2) is 7.01. The second-order valence-corrected chi connectivity index (χ2v) is 6.80. The molecule has 0 aromatic heterocycles. The number of urea groups is 1. The van der Waals surface area contributed by atoms with E-state index in [4.69, 9.17) is 14.2 Å². The molecule has 142 valence electrons. The van der Waals surface area contributed by atoms with Crippen molar-refractivity contribution in [3.63, 3.8) is 0 Å². The van der Waals surface area contributed by atoms with E-state index in [1.807, 2.05) is 0 Å². The van der Waals surface area contributed by atoms with Gasteiger partial charge in [-0.15, -0.1) is 0 Å². The Hall–Kier alpha value is -3.33. The highest BCUT2D eigenvalue weighted by Crippen LogP contribution is 2.39. The monoisotopic (exact) mass is 444 g/mol. The lowest BCUT2D eigenvalue weighted by atomic mass is 10.1. The fourth-order valence-corrected chi connectivity index (χ4v) is 3.28. The smallest absolute Gasteiger partial charge is 0.335 e. The van der Waals surface area contributed by atoms with Crippen molar-refractivity contribution in [2.24, 2.45) is 0 Å². The van der Waals surface area contributed by atoms with E-state index in [-0.39, 0.29) is 12.4 Å². The van der Waals surface area contributed by atoms with Crippen LogP contribution in [0.15, 0.2) is 46.4 Å². The fourth-order valence-electron chi connectivity index (χ4n) is 2.89. The van der Waals surface area contributed by atoms with Crippen molar-refractivity contribution in [3.05, 3.63) is 52.0 Å². The van der Waals surface area contributed by atoms with Crippen LogP contribution in [-0.4, -0.2) is 31.7 Å². The molecular formula is C19H13BrN2O6. The number of nitrogens with zero attached hydrogens (tertiary/aromatic N) is 1. The minimum atomic E-state index is -0.817. The molecule has 2 aromatic rings. The van der Waals surface area contributed by atoms with Crippen molar-refractivity contribution in [2.75, 3.05) is 18.8 Å². The molecule has 2 aliphatic heterocycles. The van der Waals surface area contributed by atoms with Crippen LogP contribution in [0.4, 0.5) is 10.5 Å². The molecule has 2 heterocycles. The van der Waals surface area contributed by atoms with E-state index in [1.165, 1.54) is 13.2 Å². The number of ether oxygens (including phenoxy) is 3. The number of barbiturate groups is 1. The number of carbonyl (C=O) groups excluding carboxylic acids is 3. The Morgan fingerprint density at radius 2 is 1.89 bits per heavy atom. The summed E-state index contributed by atoms with van der Waals surface area (Å²) < 4.78 is 16.6. The molecule has 1 N–H and O–H groups in total. The first kappa shape index (κ1) is 18.1. The SMILES string of the molecule is COc1cc2c(cc1/C=C1/C(=O)NC(=O)N(c3cccc(Br)c3)C1=O)OCO2. The third-order valence-corrected chi connectivity index (χ3v) is 4.69. The predicted molar refractivity (Wildman–Crippen MR) is 102 cm³/mol. The van der Waals surface area contributed by atoms with E-state index in [1.54, 1.807) is 36.4 Å². The van der Waals surface area contributed by atoms with Crippen LogP contribution in [0, 0.1) is 0 Å². The Bertz CT molecular complexity index is 1050. The van der Waals surface area contributed by atoms with E-state index >= 15 is 0 Å². The lowest BCUT2D eigenvalue weighted by molar-refractivity contribution is -0.122. The number of methoxy groups -OCH3 is 1. The van der Waals surface area contributed by atoms with Gasteiger partial charge in [0.1, 0.15) is 11.3 Å². The van der Waals surface area contributed by atoms with Gasteiger partial charge < -0.3 is 14.2 Å². The molecule has 0 spiro atoms. The summed E-state index contributed by atoms with van der Waals surface area (Å²) in [6.07, 6.45) is 1.36. The van der Waals surface area contributed by atoms with Crippen molar-refractivity contribution >= 4 is 45.5 Å². The number of anilines is 1. The van der Waals surface area contributed by atoms with Gasteiger partial charge in [-0.05, 0) is 30.3 Å². The molecule has 0 bridgehead atoms. The molecule has 28 heavy (non-hydrogen) atoms. The fraction of sp³-hybridized carbons (Fsp3) is 0.105. The molecule has 1 fully saturated rings. The van der Waals surface area contributed by atoms with Gasteiger partial charge in [0.05, 0.1) is 12.8 Å². The van der Waals surface area contributed by atoms with Gasteiger partial charge in [0.25, 0.3) is 11.8 Å². The summed E-state index contributed by atoms with van der Waals surface area (Å²) in [5.41, 5.74) is 0.554. The topological polar surface area (TPSA) is 94.2 Å². The summed E-state index contributed by atoms with van der Waals surface area (Å²) in [5.74, 6) is -0.170. The van der Waals surface area contributed by atoms with Crippen LogP contribution < -0.4 is 24.4 Å². The maximum atomic E-state index is 13.0. The molecule has 0 unspecified atom stereocenters. The highest BCUT2D eigenvalue weighted by Gasteiger charge is 2.37. The lowest BCUT2D eigenvalue weighted by Gasteiger charge is -2.26. The van der Waals surface area contributed by atoms with Crippen molar-refractivity contribution in [2.45, 2.75) is 0 Å². The third kappa shape index (κ3) is 3.09. The van der Waals surface area contributed by atoms with Gasteiger partial charge in [-0.2, -0.15) is 0 Å². The number of imide groups is 2. The third-order valence-electron chi connectivity index (χ3n) is 4.19. The Morgan fingerprint density at radius 1 is 1.14 bits per heavy atom. The van der Waals surface area contributed by atoms with Crippen LogP contribution in [0.25, 0.3) is 6.08 Å². The van der Waals surface area contributed by atoms with Gasteiger partial charge in [0.15, 0.2) is 11.5 Å². The summed E-state index contributed by atoms with van der Waals surface area (Å²) >= 11 is 3.30. The molecule has 0 radical (unpaired) electrons. The average molecular weight is 445 g/mol. The molecular weight excluding hydrogens is 432 g/mol. The van der Waals surface area contributed by atoms with E-state index in [2.05, 4.69) is 21.2 Å². The number of hydrogen-bond acceptors (Lipinski definition) is 6. The van der Waals surface area contributed by atoms with E-state index in [0.29, 0.717) is 33.0 Å². The van der Waals surface area contributed by atoms with Crippen molar-refractivity contribution in [3.8, 4) is 17.2 Å². The Morgan fingerprint density at radius 3 is 2.61 bits per heavy atom. The standard InChI is InChI=1S/C19H13BrN2O6/c1-26-14-8-16-15(27-9-28-16)6-10(14)5-13-17(23)21-19(25)22(18(13)24)12-4-2-3-11(20)7-12/h2-8H,9H2,1H3,(H,21,23,25)/b13-5-. The van der Waals surface area contributed by atoms with Gasteiger partial charge >= 0.3 is 6.03 Å². The van der Waals surface area contributed by atoms with Gasteiger partial charge in [-0.3, -0.25) is 14.9 Å². The minimum Gasteiger partial charge on any atom is -0.496 e. The van der Waals surface area contributed by atoms with Gasteiger partial charge in [0.2, 0.25) is 6.79 Å². The Balaban J connectivity index is 1.78. The van der Waals surface area contributed by atoms with E-state index < -0.39 is 17.8 Å². The number of halogens is 1. The van der Waals surface area contributed by atoms with Crippen LogP contribution in [0.5, 0.6) is 17.2 Å². The molecule has 8 nitrogen and oxygen atoms in total. The Kier molecular flexibility index (Phi) is 4.52. The molecule has 2 aliphatic rings. The molecule has 9 heteroatoms. The largest absolute Gasteiger partial charge is 0.496 e. The number of amides is 4. The quantitative estimate of drug-likeness (QED) is 0.577. The number of hydrogen-bond donors (Lipinski definition) is 1. The van der Waals surface area contributed by atoms with Gasteiger partial charge in [-0.25, -0.2) is 9.69 Å². The predicted octanol–water partition coefficient (Wildman–Crippen LogP) is 2.85. The van der Waals surface area contributed by atoms with Crippen LogP contribution in [0.2, 0.25) is 0 Å². The molecule has 0 aliphatic carbocycles. The highest BCUT2D eigenvalue weighted by molar-refractivity contribution is 9.10. The van der Waals surface area contributed by atoms with Crippen LogP contribution in [0.1, 0.15) is 5.56 Å². The van der Waals surface area contributed by atoms with Crippen LogP contribution >= 0.6 is 15.9 Å². The zero-order valence-electron chi connectivity index (χ0n) is 14.5. The average Bonchev–Trinajstić information content (AvgIpc) is 3.11. The molecule has 4 rings (SSSR count). The van der Waals surface area contributed by atoms with E-state index in [0.717, 1.165) is 4.90 Å². The molecule has 4 amide bonds. The number of benzene rings is 2. The first-order valence-corrected chi connectivity index (χ1v) is 8.92. The number of fused-ring (bicyclic) bond motifs is 1. The highest BCUT2D eigenvalue weighted by atomic mass is 79.9. The van der Waals surface area contributed by atoms with Gasteiger partial charge in [-0.1, -0.05) is 22.0 Å².